The Morgan fingerprint density at radius 2 is 1.73 bits per heavy atom. The molecule has 0 amide bonds. The van der Waals surface area contributed by atoms with Crippen molar-refractivity contribution in [3.8, 4) is 0 Å². The highest BCUT2D eigenvalue weighted by atomic mass is 32.2. The molecule has 33 heavy (non-hydrogen) atoms. The van der Waals surface area contributed by atoms with E-state index in [1.54, 1.807) is 18.4 Å². The summed E-state index contributed by atoms with van der Waals surface area (Å²) in [4.78, 5) is 13.0. The second-order valence-electron chi connectivity index (χ2n) is 9.58. The van der Waals surface area contributed by atoms with Crippen LogP contribution in [-0.4, -0.2) is 37.5 Å². The Labute approximate surface area is 197 Å². The molecule has 1 N–H and O–H groups in total. The van der Waals surface area contributed by atoms with E-state index in [0.717, 1.165) is 31.4 Å². The molecular formula is C26H36N2O4S. The summed E-state index contributed by atoms with van der Waals surface area (Å²) in [6.07, 6.45) is 5.60. The summed E-state index contributed by atoms with van der Waals surface area (Å²) in [7, 11) is -3.38. The van der Waals surface area contributed by atoms with Crippen molar-refractivity contribution in [3.05, 3.63) is 69.1 Å². The van der Waals surface area contributed by atoms with Crippen molar-refractivity contribution in [1.29, 1.82) is 0 Å². The van der Waals surface area contributed by atoms with Crippen molar-refractivity contribution in [2.45, 2.75) is 83.4 Å². The van der Waals surface area contributed by atoms with Gasteiger partial charge in [-0.05, 0) is 82.4 Å². The second-order valence-corrected chi connectivity index (χ2v) is 11.6. The van der Waals surface area contributed by atoms with Gasteiger partial charge in [0.25, 0.3) is 5.56 Å². The van der Waals surface area contributed by atoms with Gasteiger partial charge in [-0.1, -0.05) is 30.3 Å². The number of hydrogen-bond donors (Lipinski definition) is 1. The molecule has 1 fully saturated rings. The molecule has 0 saturated heterocycles. The van der Waals surface area contributed by atoms with Gasteiger partial charge in [0.15, 0.2) is 0 Å². The Morgan fingerprint density at radius 1 is 1.00 bits per heavy atom. The zero-order valence-electron chi connectivity index (χ0n) is 19.9. The molecule has 180 valence electrons. The second kappa shape index (κ2) is 10.1. The average molecular weight is 473 g/mol. The Bertz CT molecular complexity index is 1130. The van der Waals surface area contributed by atoms with Crippen molar-refractivity contribution in [2.75, 3.05) is 12.4 Å². The maximum absolute atomic E-state index is 13.0. The van der Waals surface area contributed by atoms with Crippen molar-refractivity contribution in [1.82, 2.24) is 9.29 Å². The van der Waals surface area contributed by atoms with Crippen LogP contribution in [0.2, 0.25) is 0 Å². The molecular weight excluding hydrogens is 436 g/mol. The number of benzene rings is 1. The Morgan fingerprint density at radius 3 is 2.42 bits per heavy atom. The van der Waals surface area contributed by atoms with Gasteiger partial charge < -0.3 is 9.30 Å². The van der Waals surface area contributed by atoms with E-state index in [1.807, 2.05) is 12.1 Å². The minimum absolute atomic E-state index is 0.0234. The zero-order chi connectivity index (χ0) is 23.6. The fourth-order valence-electron chi connectivity index (χ4n) is 5.40. The summed E-state index contributed by atoms with van der Waals surface area (Å²) < 4.78 is 35.7. The highest BCUT2D eigenvalue weighted by Crippen LogP contribution is 2.36. The molecule has 0 bridgehead atoms. The molecule has 0 unspecified atom stereocenters. The summed E-state index contributed by atoms with van der Waals surface area (Å²) in [5, 5.41) is 0. The number of ether oxygens (including phenoxy) is 1. The van der Waals surface area contributed by atoms with Gasteiger partial charge in [0.2, 0.25) is 10.0 Å². The first kappa shape index (κ1) is 24.2. The van der Waals surface area contributed by atoms with Crippen LogP contribution < -0.4 is 10.3 Å². The normalized spacial score (nSPS) is 25.5. The fraction of sp³-hybridized carbons (Fsp3) is 0.577. The molecule has 2 heterocycles. The van der Waals surface area contributed by atoms with E-state index in [9.17, 15) is 13.2 Å². The van der Waals surface area contributed by atoms with Crippen molar-refractivity contribution in [3.63, 3.8) is 0 Å². The molecule has 6 nitrogen and oxygen atoms in total. The third kappa shape index (κ3) is 5.42. The first-order valence-corrected chi connectivity index (χ1v) is 13.8. The monoisotopic (exact) mass is 472 g/mol. The van der Waals surface area contributed by atoms with Gasteiger partial charge in [-0.2, -0.15) is 0 Å². The number of sulfonamides is 1. The number of aromatic nitrogens is 1. The molecule has 1 aliphatic carbocycles. The van der Waals surface area contributed by atoms with Crippen molar-refractivity contribution >= 4 is 10.0 Å². The number of aryl methyl sites for hydroxylation is 3. The summed E-state index contributed by atoms with van der Waals surface area (Å²) in [5.41, 5.74) is 4.36. The van der Waals surface area contributed by atoms with Crippen LogP contribution in [0.3, 0.4) is 0 Å². The number of hydrogen-bond acceptors (Lipinski definition) is 4. The topological polar surface area (TPSA) is 77.4 Å². The van der Waals surface area contributed by atoms with Gasteiger partial charge in [0, 0.05) is 17.3 Å². The lowest BCUT2D eigenvalue weighted by Crippen LogP contribution is -2.50. The molecule has 1 aliphatic heterocycles. The lowest BCUT2D eigenvalue weighted by molar-refractivity contribution is -0.00172. The van der Waals surface area contributed by atoms with Crippen LogP contribution in [0.4, 0.5) is 0 Å². The molecule has 0 radical (unpaired) electrons. The van der Waals surface area contributed by atoms with Gasteiger partial charge in [-0.3, -0.25) is 4.79 Å². The Kier molecular flexibility index (Phi) is 7.41. The highest BCUT2D eigenvalue weighted by molar-refractivity contribution is 7.89. The van der Waals surface area contributed by atoms with E-state index in [1.165, 1.54) is 11.1 Å². The predicted octanol–water partition coefficient (Wildman–Crippen LogP) is 4.00. The van der Waals surface area contributed by atoms with Gasteiger partial charge >= 0.3 is 0 Å². The van der Waals surface area contributed by atoms with E-state index >= 15 is 0 Å². The van der Waals surface area contributed by atoms with Crippen molar-refractivity contribution < 1.29 is 13.2 Å². The Hall–Kier alpha value is -1.96. The fourth-order valence-corrected chi connectivity index (χ4v) is 6.30. The van der Waals surface area contributed by atoms with Crippen LogP contribution in [-0.2, 0) is 21.2 Å². The first-order valence-electron chi connectivity index (χ1n) is 12.2. The number of fused-ring (bicyclic) bond motifs is 1. The molecule has 1 saturated carbocycles. The van der Waals surface area contributed by atoms with Gasteiger partial charge in [0.05, 0.1) is 24.5 Å². The minimum Gasteiger partial charge on any atom is -0.376 e. The maximum Gasteiger partial charge on any atom is 0.254 e. The molecule has 2 aromatic rings. The Balaban J connectivity index is 1.47. The molecule has 7 heteroatoms. The summed E-state index contributed by atoms with van der Waals surface area (Å²) in [6, 6.07) is 11.8. The van der Waals surface area contributed by atoms with Crippen LogP contribution in [0.1, 0.15) is 73.4 Å². The van der Waals surface area contributed by atoms with Gasteiger partial charge in [-0.25, -0.2) is 13.1 Å². The molecule has 2 aliphatic rings. The highest BCUT2D eigenvalue weighted by Gasteiger charge is 2.34. The first-order chi connectivity index (χ1) is 15.8. The third-order valence-electron chi connectivity index (χ3n) is 7.42. The van der Waals surface area contributed by atoms with E-state index in [-0.39, 0.29) is 29.5 Å². The van der Waals surface area contributed by atoms with Crippen LogP contribution in [0.25, 0.3) is 0 Å². The van der Waals surface area contributed by atoms with Crippen LogP contribution in [0.15, 0.2) is 41.2 Å². The lowest BCUT2D eigenvalue weighted by atomic mass is 9.81. The number of rotatable bonds is 7. The largest absolute Gasteiger partial charge is 0.376 e. The van der Waals surface area contributed by atoms with Crippen LogP contribution in [0.5, 0.6) is 0 Å². The third-order valence-corrected chi connectivity index (χ3v) is 8.84. The molecule has 1 aromatic heterocycles. The lowest BCUT2D eigenvalue weighted by Gasteiger charge is -2.37. The number of nitrogens with one attached hydrogen (secondary N) is 1. The quantitative estimate of drug-likeness (QED) is 0.661. The minimum atomic E-state index is -3.38. The standard InChI is InChI=1S/C26H36N2O4S/c1-4-33(30,31)27-24-16-13-21-12-9-19(3)26(29)28(21)25(24)17-32-22-14-10-20(11-15-22)23-8-6-5-7-18(23)2/h5-9,12,20,22,24-25,27H,4,10-11,13-17H2,1-3H3/t20?,22?,24-,25-/m0/s1. The SMILES string of the molecule is CCS(=O)(=O)N[C@H]1CCc2ccc(C)c(=O)n2[C@H]1COC1CCC(c2ccccc2C)CC1. The van der Waals surface area contributed by atoms with Crippen LogP contribution >= 0.6 is 0 Å². The summed E-state index contributed by atoms with van der Waals surface area (Å²) in [6.45, 7) is 5.96. The average Bonchev–Trinajstić information content (AvgIpc) is 2.81. The van der Waals surface area contributed by atoms with Gasteiger partial charge in [0.1, 0.15) is 0 Å². The molecule has 0 spiro atoms. The van der Waals surface area contributed by atoms with Crippen molar-refractivity contribution in [2.24, 2.45) is 0 Å². The summed E-state index contributed by atoms with van der Waals surface area (Å²) in [5.74, 6) is 0.589. The zero-order valence-corrected chi connectivity index (χ0v) is 20.7. The summed E-state index contributed by atoms with van der Waals surface area (Å²) >= 11 is 0. The predicted molar refractivity (Wildman–Crippen MR) is 131 cm³/mol. The van der Waals surface area contributed by atoms with Gasteiger partial charge in [-0.15, -0.1) is 0 Å². The van der Waals surface area contributed by atoms with E-state index < -0.39 is 10.0 Å². The van der Waals surface area contributed by atoms with Crippen LogP contribution in [0, 0.1) is 13.8 Å². The van der Waals surface area contributed by atoms with E-state index in [2.05, 4.69) is 35.9 Å². The molecule has 2 atom stereocenters. The number of pyridine rings is 1. The maximum atomic E-state index is 13.0. The molecule has 1 aromatic carbocycles. The smallest absolute Gasteiger partial charge is 0.254 e. The van der Waals surface area contributed by atoms with E-state index in [4.69, 9.17) is 4.74 Å². The number of nitrogens with zero attached hydrogens (tertiary/aromatic N) is 1. The molecule has 4 rings (SSSR count). The van der Waals surface area contributed by atoms with E-state index in [0.29, 0.717) is 30.9 Å².